The normalized spacial score (nSPS) is 15.8. The second kappa shape index (κ2) is 10.4. The molecular weight excluding hydrogens is 510 g/mol. The van der Waals surface area contributed by atoms with E-state index in [0.29, 0.717) is 5.52 Å². The molecule has 1 aliphatic heterocycles. The largest absolute Gasteiger partial charge is 0.462 e. The third-order valence-corrected chi connectivity index (χ3v) is 7.33. The average Bonchev–Trinajstić information content (AvgIpc) is 3.22. The molecule has 0 unspecified atom stereocenters. The van der Waals surface area contributed by atoms with Gasteiger partial charge in [0.05, 0.1) is 28.8 Å². The molecule has 7 nitrogen and oxygen atoms in total. The van der Waals surface area contributed by atoms with E-state index in [1.807, 2.05) is 0 Å². The van der Waals surface area contributed by atoms with Gasteiger partial charge in [0.15, 0.2) is 5.78 Å². The topological polar surface area (TPSA) is 81.0 Å². The van der Waals surface area contributed by atoms with E-state index in [9.17, 15) is 14.4 Å². The Balaban J connectivity index is 1.29. The first-order valence-corrected chi connectivity index (χ1v) is 13.1. The number of hydrogen-bond acceptors (Lipinski definition) is 6. The van der Waals surface area contributed by atoms with Crippen molar-refractivity contribution in [3.05, 3.63) is 69.2 Å². The van der Waals surface area contributed by atoms with Crippen LogP contribution in [-0.4, -0.2) is 58.1 Å². The number of hydrogen-bond donors (Lipinski definition) is 0. The van der Waals surface area contributed by atoms with Crippen LogP contribution in [0.25, 0.3) is 5.52 Å². The van der Waals surface area contributed by atoms with Gasteiger partial charge in [0.1, 0.15) is 11.4 Å². The fraction of sp³-hybridized carbons (Fsp3) is 0.407. The second-order valence-corrected chi connectivity index (χ2v) is 10.1. The van der Waals surface area contributed by atoms with Gasteiger partial charge >= 0.3 is 5.97 Å². The average molecular weight is 538 g/mol. The Morgan fingerprint density at radius 1 is 1.00 bits per heavy atom. The summed E-state index contributed by atoms with van der Waals surface area (Å²) in [5.41, 5.74) is 1.18. The van der Waals surface area contributed by atoms with Gasteiger partial charge in [-0.1, -0.05) is 19.3 Å². The van der Waals surface area contributed by atoms with Crippen LogP contribution in [0.3, 0.4) is 0 Å². The minimum Gasteiger partial charge on any atom is -0.462 e. The highest BCUT2D eigenvalue weighted by Gasteiger charge is 2.39. The maximum atomic E-state index is 13.4. The van der Waals surface area contributed by atoms with E-state index in [-0.39, 0.29) is 46.3 Å². The number of nitrogens with zero attached hydrogens (tertiary/aromatic N) is 3. The molecule has 1 aliphatic carbocycles. The van der Waals surface area contributed by atoms with Crippen LogP contribution in [0, 0.1) is 0 Å². The summed E-state index contributed by atoms with van der Waals surface area (Å²) in [5, 5.41) is 0. The molecule has 1 saturated heterocycles. The smallest absolute Gasteiger partial charge is 0.341 e. The Bertz CT molecular complexity index is 1290. The van der Waals surface area contributed by atoms with Crippen molar-refractivity contribution in [2.45, 2.75) is 44.9 Å². The molecule has 0 N–H and O–H groups in total. The van der Waals surface area contributed by atoms with Crippen LogP contribution in [0.5, 0.6) is 0 Å². The number of carbonyl (C=O) groups is 3. The van der Waals surface area contributed by atoms with Crippen LogP contribution in [0.4, 0.5) is 0 Å². The number of unbranched alkanes of at least 4 members (excludes halogenated alkanes) is 3. The van der Waals surface area contributed by atoms with E-state index in [0.717, 1.165) is 36.7 Å². The molecule has 4 heterocycles. The maximum absolute atomic E-state index is 13.4. The summed E-state index contributed by atoms with van der Waals surface area (Å²) in [6.07, 6.45) is 11.2. The molecule has 8 heteroatoms. The Morgan fingerprint density at radius 2 is 1.80 bits per heavy atom. The van der Waals surface area contributed by atoms with Crippen LogP contribution in [0.2, 0.25) is 0 Å². The van der Waals surface area contributed by atoms with Gasteiger partial charge in [0.25, 0.3) is 0 Å². The molecule has 0 aromatic carbocycles. The van der Waals surface area contributed by atoms with Gasteiger partial charge in [0.2, 0.25) is 5.78 Å². The molecule has 0 atom stereocenters. The molecule has 182 valence electrons. The van der Waals surface area contributed by atoms with Crippen molar-refractivity contribution in [2.24, 2.45) is 0 Å². The van der Waals surface area contributed by atoms with Crippen LogP contribution in [-0.2, 0) is 4.74 Å². The van der Waals surface area contributed by atoms with E-state index in [1.54, 1.807) is 34.9 Å². The zero-order valence-electron chi connectivity index (χ0n) is 19.6. The lowest BCUT2D eigenvalue weighted by Gasteiger charge is -2.26. The number of ketones is 2. The van der Waals surface area contributed by atoms with Crippen LogP contribution in [0.1, 0.15) is 87.4 Å². The van der Waals surface area contributed by atoms with Crippen LogP contribution >= 0.6 is 15.9 Å². The molecule has 3 aromatic heterocycles. The van der Waals surface area contributed by atoms with E-state index in [2.05, 4.69) is 25.8 Å². The standard InChI is InChI=1S/C27H28BrN3O4/c28-18-10-11-20-21(27(34)35-16-7-2-1-4-13-30-14-5-3-6-15-30)22-24(31(20)17-18)26(33)23-19(25(22)32)9-8-12-29-23/h8-12,17H,1-7,13-16H2. The molecule has 5 rings (SSSR count). The highest BCUT2D eigenvalue weighted by Crippen LogP contribution is 2.34. The van der Waals surface area contributed by atoms with Gasteiger partial charge < -0.3 is 14.0 Å². The second-order valence-electron chi connectivity index (χ2n) is 9.21. The fourth-order valence-corrected chi connectivity index (χ4v) is 5.45. The zero-order valence-corrected chi connectivity index (χ0v) is 21.2. The molecule has 0 amide bonds. The minimum atomic E-state index is -0.576. The number of aromatic nitrogens is 2. The van der Waals surface area contributed by atoms with Crippen molar-refractivity contribution in [3.63, 3.8) is 0 Å². The summed E-state index contributed by atoms with van der Waals surface area (Å²) < 4.78 is 7.92. The lowest BCUT2D eigenvalue weighted by Crippen LogP contribution is -2.30. The Kier molecular flexibility index (Phi) is 7.11. The summed E-state index contributed by atoms with van der Waals surface area (Å²) in [6.45, 7) is 3.86. The molecule has 0 radical (unpaired) electrons. The van der Waals surface area contributed by atoms with Crippen molar-refractivity contribution in [2.75, 3.05) is 26.2 Å². The zero-order chi connectivity index (χ0) is 24.4. The molecule has 2 aliphatic rings. The quantitative estimate of drug-likeness (QED) is 0.230. The van der Waals surface area contributed by atoms with Crippen LogP contribution < -0.4 is 0 Å². The van der Waals surface area contributed by atoms with E-state index in [1.165, 1.54) is 38.5 Å². The summed E-state index contributed by atoms with van der Waals surface area (Å²) in [4.78, 5) is 46.5. The minimum absolute atomic E-state index is 0.0973. The number of piperidine rings is 1. The highest BCUT2D eigenvalue weighted by molar-refractivity contribution is 9.10. The predicted octanol–water partition coefficient (Wildman–Crippen LogP) is 5.08. The number of halogens is 1. The number of ether oxygens (including phenoxy) is 1. The van der Waals surface area contributed by atoms with Gasteiger partial charge in [-0.15, -0.1) is 0 Å². The molecule has 3 aromatic rings. The van der Waals surface area contributed by atoms with Gasteiger partial charge in [-0.2, -0.15) is 0 Å². The van der Waals surface area contributed by atoms with Crippen molar-refractivity contribution >= 4 is 39.0 Å². The van der Waals surface area contributed by atoms with E-state index in [4.69, 9.17) is 4.74 Å². The van der Waals surface area contributed by atoms with Crippen LogP contribution in [0.15, 0.2) is 41.1 Å². The van der Waals surface area contributed by atoms with Gasteiger partial charge in [-0.25, -0.2) is 4.79 Å². The summed E-state index contributed by atoms with van der Waals surface area (Å²) in [6, 6.07) is 6.69. The Morgan fingerprint density at radius 3 is 2.63 bits per heavy atom. The first-order valence-electron chi connectivity index (χ1n) is 12.3. The fourth-order valence-electron chi connectivity index (χ4n) is 5.11. The van der Waals surface area contributed by atoms with Crippen molar-refractivity contribution in [1.82, 2.24) is 14.3 Å². The molecule has 0 bridgehead atoms. The Labute approximate surface area is 212 Å². The number of pyridine rings is 2. The monoisotopic (exact) mass is 537 g/mol. The first kappa shape index (κ1) is 23.9. The van der Waals surface area contributed by atoms with Crippen molar-refractivity contribution in [1.29, 1.82) is 0 Å². The molecule has 0 spiro atoms. The summed E-state index contributed by atoms with van der Waals surface area (Å²) >= 11 is 3.42. The molecule has 35 heavy (non-hydrogen) atoms. The lowest BCUT2D eigenvalue weighted by molar-refractivity contribution is 0.0497. The third-order valence-electron chi connectivity index (χ3n) is 6.86. The van der Waals surface area contributed by atoms with E-state index >= 15 is 0 Å². The first-order chi connectivity index (χ1) is 17.1. The van der Waals surface area contributed by atoms with Gasteiger partial charge in [0, 0.05) is 16.9 Å². The summed E-state index contributed by atoms with van der Waals surface area (Å²) in [7, 11) is 0. The predicted molar refractivity (Wildman–Crippen MR) is 135 cm³/mol. The van der Waals surface area contributed by atoms with Gasteiger partial charge in [-0.3, -0.25) is 14.6 Å². The van der Waals surface area contributed by atoms with Crippen molar-refractivity contribution in [3.8, 4) is 0 Å². The number of esters is 1. The molecular formula is C27H28BrN3O4. The SMILES string of the molecule is O=C1c2cccnc2C(=O)c2c1c(C(=O)OCCCCCCN1CCCCC1)c1ccc(Br)cn21. The number of likely N-dealkylation sites (tertiary alicyclic amines) is 1. The highest BCUT2D eigenvalue weighted by atomic mass is 79.9. The number of carbonyl (C=O) groups excluding carboxylic acids is 3. The Hall–Kier alpha value is -2.84. The summed E-state index contributed by atoms with van der Waals surface area (Å²) in [5.74, 6) is -1.34. The molecule has 1 fully saturated rings. The van der Waals surface area contributed by atoms with Gasteiger partial charge in [-0.05, 0) is 85.5 Å². The number of fused-ring (bicyclic) bond motifs is 4. The maximum Gasteiger partial charge on any atom is 0.341 e. The van der Waals surface area contributed by atoms with E-state index < -0.39 is 5.97 Å². The van der Waals surface area contributed by atoms with Crippen molar-refractivity contribution < 1.29 is 19.1 Å². The third kappa shape index (κ3) is 4.69. The molecule has 0 saturated carbocycles. The number of rotatable bonds is 8. The lowest BCUT2D eigenvalue weighted by atomic mass is 9.89.